The van der Waals surface area contributed by atoms with E-state index in [2.05, 4.69) is 39.1 Å². The van der Waals surface area contributed by atoms with E-state index >= 15 is 0 Å². The van der Waals surface area contributed by atoms with Gasteiger partial charge in [-0.2, -0.15) is 0 Å². The van der Waals surface area contributed by atoms with Crippen molar-refractivity contribution in [1.82, 2.24) is 9.55 Å². The predicted octanol–water partition coefficient (Wildman–Crippen LogP) is 6.75. The summed E-state index contributed by atoms with van der Waals surface area (Å²) in [5, 5.41) is 4.10. The first-order valence-electron chi connectivity index (χ1n) is 12.0. The van der Waals surface area contributed by atoms with E-state index < -0.39 is 0 Å². The third-order valence-electron chi connectivity index (χ3n) is 6.27. The van der Waals surface area contributed by atoms with Gasteiger partial charge in [-0.25, -0.2) is 4.98 Å². The average Bonchev–Trinajstić information content (AvgIpc) is 2.87. The van der Waals surface area contributed by atoms with Gasteiger partial charge in [-0.15, -0.1) is 0 Å². The summed E-state index contributed by atoms with van der Waals surface area (Å²) in [6.07, 6.45) is 0.991. The Labute approximate surface area is 210 Å². The highest BCUT2D eigenvalue weighted by Crippen LogP contribution is 2.27. The zero-order valence-corrected chi connectivity index (χ0v) is 21.4. The predicted molar refractivity (Wildman–Crippen MR) is 146 cm³/mol. The number of anilines is 1. The molecule has 0 saturated heterocycles. The van der Waals surface area contributed by atoms with Crippen molar-refractivity contribution in [2.75, 3.05) is 11.1 Å². The molecule has 0 fully saturated rings. The topological polar surface area (TPSA) is 64.0 Å². The Morgan fingerprint density at radius 1 is 0.971 bits per heavy atom. The zero-order valence-electron chi connectivity index (χ0n) is 20.6. The lowest BCUT2D eigenvalue weighted by Gasteiger charge is -2.16. The molecule has 0 saturated carbocycles. The van der Waals surface area contributed by atoms with E-state index in [9.17, 15) is 9.59 Å². The Hall–Kier alpha value is -3.38. The lowest BCUT2D eigenvalue weighted by Crippen LogP contribution is -2.23. The van der Waals surface area contributed by atoms with Gasteiger partial charge in [0.2, 0.25) is 5.91 Å². The molecular formula is C29H31N3O2S. The molecule has 0 aliphatic rings. The van der Waals surface area contributed by atoms with Gasteiger partial charge in [0.1, 0.15) is 0 Å². The van der Waals surface area contributed by atoms with Crippen molar-refractivity contribution in [2.24, 2.45) is 0 Å². The fraction of sp³-hybridized carbons (Fsp3) is 0.276. The van der Waals surface area contributed by atoms with Gasteiger partial charge in [0.15, 0.2) is 5.16 Å². The fourth-order valence-corrected chi connectivity index (χ4v) is 4.83. The number of nitrogens with zero attached hydrogens (tertiary/aromatic N) is 2. The van der Waals surface area contributed by atoms with E-state index in [0.29, 0.717) is 27.9 Å². The standard InChI is InChI=1S/C29H31N3O2S/c1-5-20(4)23-10-6-8-12-25(23)30-27(33)18-35-29-31-26-13-9-7-11-24(26)28(34)32(29)22-16-14-21(15-17-22)19(2)3/h6-17,19-20H,5,18H2,1-4H3,(H,30,33). The number of fused-ring (bicyclic) bond motifs is 1. The number of benzene rings is 3. The van der Waals surface area contributed by atoms with Crippen LogP contribution in [0.4, 0.5) is 5.69 Å². The molecule has 180 valence electrons. The second-order valence-electron chi connectivity index (χ2n) is 9.03. The Bertz CT molecular complexity index is 1390. The van der Waals surface area contributed by atoms with Crippen LogP contribution < -0.4 is 10.9 Å². The summed E-state index contributed by atoms with van der Waals surface area (Å²) < 4.78 is 1.61. The normalized spacial score (nSPS) is 12.1. The average molecular weight is 486 g/mol. The highest BCUT2D eigenvalue weighted by molar-refractivity contribution is 7.99. The van der Waals surface area contributed by atoms with E-state index in [0.717, 1.165) is 23.4 Å². The maximum atomic E-state index is 13.5. The number of nitrogens with one attached hydrogen (secondary N) is 1. The molecule has 1 N–H and O–H groups in total. The van der Waals surface area contributed by atoms with Crippen LogP contribution in [-0.2, 0) is 4.79 Å². The maximum absolute atomic E-state index is 13.5. The van der Waals surface area contributed by atoms with Crippen molar-refractivity contribution in [3.05, 3.63) is 94.3 Å². The van der Waals surface area contributed by atoms with Crippen molar-refractivity contribution < 1.29 is 4.79 Å². The maximum Gasteiger partial charge on any atom is 0.266 e. The van der Waals surface area contributed by atoms with E-state index in [4.69, 9.17) is 4.98 Å². The molecule has 0 aliphatic carbocycles. The number of aromatic nitrogens is 2. The molecule has 35 heavy (non-hydrogen) atoms. The summed E-state index contributed by atoms with van der Waals surface area (Å²) in [5.41, 5.74) is 4.38. The highest BCUT2D eigenvalue weighted by atomic mass is 32.2. The van der Waals surface area contributed by atoms with Crippen LogP contribution >= 0.6 is 11.8 Å². The largest absolute Gasteiger partial charge is 0.325 e. The van der Waals surface area contributed by atoms with Gasteiger partial charge >= 0.3 is 0 Å². The molecule has 1 amide bonds. The molecule has 1 unspecified atom stereocenters. The van der Waals surface area contributed by atoms with Gasteiger partial charge in [0.25, 0.3) is 5.56 Å². The second kappa shape index (κ2) is 10.9. The van der Waals surface area contributed by atoms with E-state index in [1.807, 2.05) is 60.7 Å². The smallest absolute Gasteiger partial charge is 0.266 e. The van der Waals surface area contributed by atoms with Crippen molar-refractivity contribution in [2.45, 2.75) is 51.1 Å². The number of carbonyl (C=O) groups excluding carboxylic acids is 1. The van der Waals surface area contributed by atoms with Crippen LogP contribution in [0.1, 0.15) is 57.1 Å². The van der Waals surface area contributed by atoms with Gasteiger partial charge in [-0.1, -0.05) is 81.9 Å². The highest BCUT2D eigenvalue weighted by Gasteiger charge is 2.16. The first-order valence-corrected chi connectivity index (χ1v) is 13.0. The van der Waals surface area contributed by atoms with Crippen molar-refractivity contribution in [3.8, 4) is 5.69 Å². The summed E-state index contributed by atoms with van der Waals surface area (Å²) in [5.74, 6) is 0.755. The second-order valence-corrected chi connectivity index (χ2v) is 9.97. The Morgan fingerprint density at radius 3 is 2.37 bits per heavy atom. The summed E-state index contributed by atoms with van der Waals surface area (Å²) in [6.45, 7) is 8.57. The molecule has 3 aromatic carbocycles. The van der Waals surface area contributed by atoms with E-state index in [1.165, 1.54) is 17.3 Å². The van der Waals surface area contributed by atoms with Crippen LogP contribution in [0.25, 0.3) is 16.6 Å². The quantitative estimate of drug-likeness (QED) is 0.221. The molecule has 5 nitrogen and oxygen atoms in total. The molecular weight excluding hydrogens is 454 g/mol. The Morgan fingerprint density at radius 2 is 1.66 bits per heavy atom. The Balaban J connectivity index is 1.64. The lowest BCUT2D eigenvalue weighted by atomic mass is 9.97. The van der Waals surface area contributed by atoms with Crippen LogP contribution in [0.15, 0.2) is 82.7 Å². The fourth-order valence-electron chi connectivity index (χ4n) is 4.02. The first-order chi connectivity index (χ1) is 16.9. The van der Waals surface area contributed by atoms with Crippen LogP contribution in [0.5, 0.6) is 0 Å². The van der Waals surface area contributed by atoms with Crippen LogP contribution in [0.2, 0.25) is 0 Å². The third-order valence-corrected chi connectivity index (χ3v) is 7.21. The molecule has 4 aromatic rings. The minimum Gasteiger partial charge on any atom is -0.325 e. The third kappa shape index (κ3) is 5.49. The minimum atomic E-state index is -0.141. The van der Waals surface area contributed by atoms with Crippen molar-refractivity contribution in [3.63, 3.8) is 0 Å². The molecule has 1 atom stereocenters. The molecule has 6 heteroatoms. The van der Waals surface area contributed by atoms with Gasteiger partial charge < -0.3 is 5.32 Å². The summed E-state index contributed by atoms with van der Waals surface area (Å²) >= 11 is 1.27. The SMILES string of the molecule is CCC(C)c1ccccc1NC(=O)CSc1nc2ccccc2c(=O)n1-c1ccc(C(C)C)cc1. The van der Waals surface area contributed by atoms with Crippen LogP contribution in [0.3, 0.4) is 0 Å². The summed E-state index contributed by atoms with van der Waals surface area (Å²) in [7, 11) is 0. The number of para-hydroxylation sites is 2. The molecule has 0 spiro atoms. The summed E-state index contributed by atoms with van der Waals surface area (Å²) in [4.78, 5) is 31.1. The van der Waals surface area contributed by atoms with Gasteiger partial charge in [-0.3, -0.25) is 14.2 Å². The molecule has 0 aliphatic heterocycles. The molecule has 4 rings (SSSR count). The van der Waals surface area contributed by atoms with Gasteiger partial charge in [0, 0.05) is 5.69 Å². The Kier molecular flexibility index (Phi) is 7.71. The number of carbonyl (C=O) groups is 1. The summed E-state index contributed by atoms with van der Waals surface area (Å²) in [6, 6.07) is 23.2. The van der Waals surface area contributed by atoms with E-state index in [1.54, 1.807) is 10.6 Å². The number of thioether (sulfide) groups is 1. The van der Waals surface area contributed by atoms with Crippen LogP contribution in [-0.4, -0.2) is 21.2 Å². The monoisotopic (exact) mass is 485 g/mol. The molecule has 1 heterocycles. The molecule has 1 aromatic heterocycles. The number of hydrogen-bond donors (Lipinski definition) is 1. The number of rotatable bonds is 8. The van der Waals surface area contributed by atoms with Gasteiger partial charge in [0.05, 0.1) is 22.3 Å². The molecule has 0 bridgehead atoms. The van der Waals surface area contributed by atoms with Crippen molar-refractivity contribution >= 4 is 34.3 Å². The number of amides is 1. The van der Waals surface area contributed by atoms with Crippen LogP contribution in [0, 0.1) is 0 Å². The van der Waals surface area contributed by atoms with Gasteiger partial charge in [-0.05, 0) is 59.7 Å². The van der Waals surface area contributed by atoms with Crippen molar-refractivity contribution in [1.29, 1.82) is 0 Å². The number of hydrogen-bond acceptors (Lipinski definition) is 4. The lowest BCUT2D eigenvalue weighted by molar-refractivity contribution is -0.113. The molecule has 0 radical (unpaired) electrons. The zero-order chi connectivity index (χ0) is 24.9. The first kappa shape index (κ1) is 24.7. The minimum absolute atomic E-state index is 0.130. The van der Waals surface area contributed by atoms with E-state index in [-0.39, 0.29) is 17.2 Å².